The number of amides is 1. The van der Waals surface area contributed by atoms with Crippen LogP contribution in [-0.2, 0) is 6.54 Å². The molecule has 0 aliphatic carbocycles. The molecule has 3 aromatic carbocycles. The summed E-state index contributed by atoms with van der Waals surface area (Å²) < 4.78 is 1.49. The van der Waals surface area contributed by atoms with Crippen LogP contribution in [0.2, 0.25) is 10.0 Å². The Labute approximate surface area is 215 Å². The first-order chi connectivity index (χ1) is 17.4. The number of anilines is 1. The first-order valence-corrected chi connectivity index (χ1v) is 11.6. The summed E-state index contributed by atoms with van der Waals surface area (Å²) in [7, 11) is 0. The van der Waals surface area contributed by atoms with Crippen molar-refractivity contribution < 1.29 is 9.90 Å². The normalized spacial score (nSPS) is 10.9. The van der Waals surface area contributed by atoms with E-state index in [4.69, 9.17) is 23.2 Å². The van der Waals surface area contributed by atoms with Crippen molar-refractivity contribution in [3.05, 3.63) is 117 Å². The first-order valence-electron chi connectivity index (χ1n) is 10.9. The Morgan fingerprint density at radius 2 is 1.69 bits per heavy atom. The van der Waals surface area contributed by atoms with Gasteiger partial charge in [-0.1, -0.05) is 59.6 Å². The van der Waals surface area contributed by atoms with Gasteiger partial charge in [-0.05, 0) is 42.0 Å². The number of hydrogen-bond donors (Lipinski definition) is 2. The van der Waals surface area contributed by atoms with Crippen LogP contribution >= 0.6 is 23.2 Å². The average molecular weight is 517 g/mol. The molecule has 2 aromatic heterocycles. The van der Waals surface area contributed by atoms with Crippen LogP contribution in [0.15, 0.2) is 90.1 Å². The summed E-state index contributed by atoms with van der Waals surface area (Å²) in [5, 5.41) is 12.7. The number of pyridine rings is 1. The SMILES string of the molecule is O=C(Nc1cccc2ncn(Cc3ccccc3-c3ccccn3)c(=O)c12)c1cc(Cl)c(O)c(Cl)c1. The van der Waals surface area contributed by atoms with Crippen LogP contribution in [0.25, 0.3) is 22.2 Å². The predicted octanol–water partition coefficient (Wildman–Crippen LogP) is 5.77. The molecule has 0 aliphatic rings. The topological polar surface area (TPSA) is 97.1 Å². The average Bonchev–Trinajstić information content (AvgIpc) is 2.89. The van der Waals surface area contributed by atoms with Gasteiger partial charge in [0, 0.05) is 17.3 Å². The number of phenols is 1. The smallest absolute Gasteiger partial charge is 0.263 e. The summed E-state index contributed by atoms with van der Waals surface area (Å²) in [6, 6.07) is 21.0. The lowest BCUT2D eigenvalue weighted by molar-refractivity contribution is 0.102. The minimum absolute atomic E-state index is 0.0545. The second kappa shape index (κ2) is 9.81. The zero-order valence-electron chi connectivity index (χ0n) is 18.7. The fourth-order valence-electron chi connectivity index (χ4n) is 3.92. The van der Waals surface area contributed by atoms with E-state index in [1.54, 1.807) is 24.4 Å². The number of rotatable bonds is 5. The molecule has 9 heteroatoms. The van der Waals surface area contributed by atoms with Gasteiger partial charge in [0.1, 0.15) is 0 Å². The van der Waals surface area contributed by atoms with Crippen molar-refractivity contribution in [1.29, 1.82) is 0 Å². The lowest BCUT2D eigenvalue weighted by atomic mass is 10.0. The van der Waals surface area contributed by atoms with Crippen molar-refractivity contribution >= 4 is 45.7 Å². The highest BCUT2D eigenvalue weighted by Gasteiger charge is 2.16. The van der Waals surface area contributed by atoms with Gasteiger partial charge >= 0.3 is 0 Å². The zero-order valence-corrected chi connectivity index (χ0v) is 20.2. The number of phenolic OH excluding ortho intramolecular Hbond substituents is 1. The molecule has 0 atom stereocenters. The number of aromatic nitrogens is 3. The highest BCUT2D eigenvalue weighted by atomic mass is 35.5. The molecule has 7 nitrogen and oxygen atoms in total. The number of aromatic hydroxyl groups is 1. The molecule has 5 aromatic rings. The summed E-state index contributed by atoms with van der Waals surface area (Å²) in [5.41, 5.74) is 3.16. The third-order valence-electron chi connectivity index (χ3n) is 5.68. The monoisotopic (exact) mass is 516 g/mol. The number of fused-ring (bicyclic) bond motifs is 1. The van der Waals surface area contributed by atoms with Crippen LogP contribution in [0.4, 0.5) is 5.69 Å². The number of nitrogens with one attached hydrogen (secondary N) is 1. The lowest BCUT2D eigenvalue weighted by Crippen LogP contribution is -2.23. The molecule has 0 bridgehead atoms. The van der Waals surface area contributed by atoms with Crippen molar-refractivity contribution in [1.82, 2.24) is 14.5 Å². The maximum absolute atomic E-state index is 13.6. The molecule has 178 valence electrons. The minimum atomic E-state index is -0.540. The summed E-state index contributed by atoms with van der Waals surface area (Å²) in [4.78, 5) is 35.3. The van der Waals surface area contributed by atoms with Gasteiger partial charge < -0.3 is 10.4 Å². The fraction of sp³-hybridized carbons (Fsp3) is 0.0370. The zero-order chi connectivity index (χ0) is 25.2. The maximum Gasteiger partial charge on any atom is 0.263 e. The van der Waals surface area contributed by atoms with Crippen LogP contribution in [0.1, 0.15) is 15.9 Å². The van der Waals surface area contributed by atoms with Crippen LogP contribution in [-0.4, -0.2) is 25.5 Å². The molecule has 0 spiro atoms. The van der Waals surface area contributed by atoms with Crippen molar-refractivity contribution in [2.24, 2.45) is 0 Å². The Hall–Kier alpha value is -4.20. The summed E-state index contributed by atoms with van der Waals surface area (Å²) in [6.07, 6.45) is 3.21. The molecule has 1 amide bonds. The highest BCUT2D eigenvalue weighted by Crippen LogP contribution is 2.33. The predicted molar refractivity (Wildman–Crippen MR) is 141 cm³/mol. The standard InChI is InChI=1S/C27H18Cl2N4O3/c28-19-12-17(13-20(29)25(19)34)26(35)32-23-10-5-9-22-24(23)27(36)33(15-31-22)14-16-6-1-2-7-18(16)21-8-3-4-11-30-21/h1-13,15,34H,14H2,(H,32,35). The van der Waals surface area contributed by atoms with Gasteiger partial charge in [0.25, 0.3) is 11.5 Å². The van der Waals surface area contributed by atoms with Crippen LogP contribution in [0.3, 0.4) is 0 Å². The van der Waals surface area contributed by atoms with E-state index in [2.05, 4.69) is 15.3 Å². The summed E-state index contributed by atoms with van der Waals surface area (Å²) in [5.74, 6) is -0.847. The van der Waals surface area contributed by atoms with E-state index in [9.17, 15) is 14.7 Å². The number of halogens is 2. The molecule has 2 N–H and O–H groups in total. The molecule has 5 rings (SSSR count). The van der Waals surface area contributed by atoms with Crippen LogP contribution in [0, 0.1) is 0 Å². The van der Waals surface area contributed by atoms with E-state index in [0.717, 1.165) is 16.8 Å². The molecule has 2 heterocycles. The highest BCUT2D eigenvalue weighted by molar-refractivity contribution is 6.37. The second-order valence-corrected chi connectivity index (χ2v) is 8.81. The largest absolute Gasteiger partial charge is 0.505 e. The Bertz CT molecular complexity index is 1650. The quantitative estimate of drug-likeness (QED) is 0.309. The van der Waals surface area contributed by atoms with E-state index < -0.39 is 5.91 Å². The van der Waals surface area contributed by atoms with Gasteiger partial charge in [-0.3, -0.25) is 19.1 Å². The maximum atomic E-state index is 13.6. The van der Waals surface area contributed by atoms with Crippen LogP contribution < -0.4 is 10.9 Å². The Morgan fingerprint density at radius 3 is 2.44 bits per heavy atom. The van der Waals surface area contributed by atoms with E-state index in [0.29, 0.717) is 11.2 Å². The van der Waals surface area contributed by atoms with Gasteiger partial charge in [-0.15, -0.1) is 0 Å². The Kier molecular flexibility index (Phi) is 6.41. The number of nitrogens with zero attached hydrogens (tertiary/aromatic N) is 3. The molecule has 0 radical (unpaired) electrons. The van der Waals surface area contributed by atoms with Crippen LogP contribution in [0.5, 0.6) is 5.75 Å². The third-order valence-corrected chi connectivity index (χ3v) is 6.26. The van der Waals surface area contributed by atoms with Gasteiger partial charge in [0.2, 0.25) is 0 Å². The molecule has 0 aliphatic heterocycles. The molecular weight excluding hydrogens is 499 g/mol. The van der Waals surface area contributed by atoms with E-state index in [-0.39, 0.29) is 38.8 Å². The number of benzene rings is 3. The Morgan fingerprint density at radius 1 is 0.944 bits per heavy atom. The van der Waals surface area contributed by atoms with E-state index >= 15 is 0 Å². The van der Waals surface area contributed by atoms with Gasteiger partial charge in [-0.25, -0.2) is 4.98 Å². The lowest BCUT2D eigenvalue weighted by Gasteiger charge is -2.13. The molecule has 0 saturated carbocycles. The van der Waals surface area contributed by atoms with Crippen molar-refractivity contribution in [2.45, 2.75) is 6.54 Å². The second-order valence-electron chi connectivity index (χ2n) is 7.99. The fourth-order valence-corrected chi connectivity index (χ4v) is 4.41. The van der Waals surface area contributed by atoms with Crippen molar-refractivity contribution in [3.8, 4) is 17.0 Å². The van der Waals surface area contributed by atoms with E-state index in [1.807, 2.05) is 42.5 Å². The first kappa shape index (κ1) is 23.5. The molecule has 36 heavy (non-hydrogen) atoms. The summed E-state index contributed by atoms with van der Waals surface area (Å²) in [6.45, 7) is 0.264. The van der Waals surface area contributed by atoms with Gasteiger partial charge in [0.15, 0.2) is 5.75 Å². The molecule has 0 unspecified atom stereocenters. The van der Waals surface area contributed by atoms with Crippen molar-refractivity contribution in [3.63, 3.8) is 0 Å². The number of carbonyl (C=O) groups is 1. The number of hydrogen-bond acceptors (Lipinski definition) is 5. The van der Waals surface area contributed by atoms with Gasteiger partial charge in [-0.2, -0.15) is 0 Å². The molecule has 0 saturated heterocycles. The van der Waals surface area contributed by atoms with E-state index in [1.165, 1.54) is 23.0 Å². The van der Waals surface area contributed by atoms with Gasteiger partial charge in [0.05, 0.1) is 45.2 Å². The third kappa shape index (κ3) is 4.54. The molecular formula is C27H18Cl2N4O3. The number of carbonyl (C=O) groups excluding carboxylic acids is 1. The van der Waals surface area contributed by atoms with Crippen molar-refractivity contribution in [2.75, 3.05) is 5.32 Å². The Balaban J connectivity index is 1.53. The summed E-state index contributed by atoms with van der Waals surface area (Å²) >= 11 is 11.9. The minimum Gasteiger partial charge on any atom is -0.505 e. The molecule has 0 fully saturated rings.